The van der Waals surface area contributed by atoms with Crippen LogP contribution >= 0.6 is 15.9 Å². The fraction of sp³-hybridized carbons (Fsp3) is 0.400. The van der Waals surface area contributed by atoms with Gasteiger partial charge >= 0.3 is 4.83 Å². The molecule has 0 bridgehead atoms. The summed E-state index contributed by atoms with van der Waals surface area (Å²) in [6, 6.07) is 4.62. The second-order valence-corrected chi connectivity index (χ2v) is 4.77. The minimum absolute atomic E-state index is 0.00400. The maximum Gasteiger partial charge on any atom is 0.333 e. The van der Waals surface area contributed by atoms with Crippen LogP contribution in [0.5, 0.6) is 0 Å². The van der Waals surface area contributed by atoms with Gasteiger partial charge in [0.15, 0.2) is 5.60 Å². The first kappa shape index (κ1) is 10.8. The van der Waals surface area contributed by atoms with Gasteiger partial charge in [-0.2, -0.15) is 8.78 Å². The second-order valence-electron chi connectivity index (χ2n) is 3.77. The third kappa shape index (κ3) is 1.54. The zero-order valence-corrected chi connectivity index (χ0v) is 9.39. The molecule has 1 aliphatic carbocycles. The van der Waals surface area contributed by atoms with Gasteiger partial charge in [0.2, 0.25) is 0 Å². The molecule has 0 saturated carbocycles. The molecule has 0 aliphatic heterocycles. The lowest BCUT2D eigenvalue weighted by Crippen LogP contribution is -2.38. The Bertz CT molecular complexity index is 405. The van der Waals surface area contributed by atoms with Gasteiger partial charge in [-0.15, -0.1) is 0 Å². The minimum Gasteiger partial charge on any atom is -0.399 e. The van der Waals surface area contributed by atoms with Crippen molar-refractivity contribution in [2.24, 2.45) is 0 Å². The Kier molecular flexibility index (Phi) is 2.28. The number of hydrogen-bond donors (Lipinski definition) is 2. The van der Waals surface area contributed by atoms with Gasteiger partial charge in [-0.3, -0.25) is 0 Å². The predicted octanol–water partition coefficient (Wildman–Crippen LogP) is 2.39. The third-order valence-corrected chi connectivity index (χ3v) is 3.46. The van der Waals surface area contributed by atoms with E-state index in [9.17, 15) is 13.9 Å². The summed E-state index contributed by atoms with van der Waals surface area (Å²) < 4.78 is 26.5. The van der Waals surface area contributed by atoms with E-state index in [0.29, 0.717) is 17.7 Å². The maximum absolute atomic E-state index is 13.2. The minimum atomic E-state index is -3.32. The molecule has 1 aromatic rings. The highest BCUT2D eigenvalue weighted by atomic mass is 79.9. The molecule has 3 N–H and O–H groups in total. The molecule has 5 heteroatoms. The molecule has 2 rings (SSSR count). The SMILES string of the molecule is Nc1ccc2c(c1)CCC2(O)C(F)(F)Br. The van der Waals surface area contributed by atoms with Crippen LogP contribution in [0.2, 0.25) is 0 Å². The van der Waals surface area contributed by atoms with Gasteiger partial charge < -0.3 is 10.8 Å². The summed E-state index contributed by atoms with van der Waals surface area (Å²) in [6.45, 7) is 0. The molecule has 2 nitrogen and oxygen atoms in total. The van der Waals surface area contributed by atoms with Crippen molar-refractivity contribution in [1.82, 2.24) is 0 Å². The van der Waals surface area contributed by atoms with E-state index in [-0.39, 0.29) is 12.0 Å². The lowest BCUT2D eigenvalue weighted by Gasteiger charge is -2.28. The van der Waals surface area contributed by atoms with Crippen LogP contribution < -0.4 is 5.73 Å². The Morgan fingerprint density at radius 1 is 1.47 bits per heavy atom. The third-order valence-electron chi connectivity index (χ3n) is 2.80. The van der Waals surface area contributed by atoms with E-state index in [1.165, 1.54) is 12.1 Å². The van der Waals surface area contributed by atoms with Crippen LogP contribution in [-0.2, 0) is 12.0 Å². The summed E-state index contributed by atoms with van der Waals surface area (Å²) in [5, 5.41) is 9.93. The lowest BCUT2D eigenvalue weighted by molar-refractivity contribution is -0.120. The van der Waals surface area contributed by atoms with Gasteiger partial charge in [-0.1, -0.05) is 6.07 Å². The molecular formula is C10H10BrF2NO. The van der Waals surface area contributed by atoms with Crippen molar-refractivity contribution in [3.63, 3.8) is 0 Å². The Labute approximate surface area is 94.2 Å². The monoisotopic (exact) mass is 277 g/mol. The molecule has 1 unspecified atom stereocenters. The van der Waals surface area contributed by atoms with E-state index in [0.717, 1.165) is 0 Å². The van der Waals surface area contributed by atoms with E-state index in [2.05, 4.69) is 15.9 Å². The van der Waals surface area contributed by atoms with Gasteiger partial charge in [0.1, 0.15) is 0 Å². The van der Waals surface area contributed by atoms with Crippen LogP contribution in [-0.4, -0.2) is 9.94 Å². The molecule has 82 valence electrons. The Morgan fingerprint density at radius 2 is 2.13 bits per heavy atom. The van der Waals surface area contributed by atoms with Crippen LogP contribution in [0.15, 0.2) is 18.2 Å². The largest absolute Gasteiger partial charge is 0.399 e. The molecule has 1 aliphatic rings. The smallest absolute Gasteiger partial charge is 0.333 e. The fourth-order valence-corrected chi connectivity index (χ4v) is 2.38. The van der Waals surface area contributed by atoms with Gasteiger partial charge in [0.05, 0.1) is 0 Å². The first-order valence-corrected chi connectivity index (χ1v) is 5.32. The van der Waals surface area contributed by atoms with Gasteiger partial charge in [0.25, 0.3) is 0 Å². The Hall–Kier alpha value is -0.680. The molecule has 0 radical (unpaired) electrons. The van der Waals surface area contributed by atoms with Gasteiger partial charge in [0, 0.05) is 5.69 Å². The van der Waals surface area contributed by atoms with Crippen molar-refractivity contribution < 1.29 is 13.9 Å². The number of nitrogens with two attached hydrogens (primary N) is 1. The van der Waals surface area contributed by atoms with E-state index in [1.54, 1.807) is 6.07 Å². The zero-order valence-electron chi connectivity index (χ0n) is 7.80. The molecule has 1 aromatic carbocycles. The summed E-state index contributed by atoms with van der Waals surface area (Å²) in [4.78, 5) is -3.32. The van der Waals surface area contributed by atoms with Gasteiger partial charge in [-0.25, -0.2) is 0 Å². The van der Waals surface area contributed by atoms with Crippen LogP contribution in [0.25, 0.3) is 0 Å². The highest BCUT2D eigenvalue weighted by molar-refractivity contribution is 9.10. The van der Waals surface area contributed by atoms with Crippen molar-refractivity contribution >= 4 is 21.6 Å². The Balaban J connectivity index is 2.53. The maximum atomic E-state index is 13.2. The molecule has 0 spiro atoms. The summed E-state index contributed by atoms with van der Waals surface area (Å²) in [6.07, 6.45) is 0.419. The fourth-order valence-electron chi connectivity index (χ4n) is 1.97. The number of anilines is 1. The second kappa shape index (κ2) is 3.15. The molecule has 0 amide bonds. The molecule has 0 saturated heterocycles. The molecule has 1 atom stereocenters. The van der Waals surface area contributed by atoms with Crippen molar-refractivity contribution in [2.75, 3.05) is 5.73 Å². The summed E-state index contributed by atoms with van der Waals surface area (Å²) in [5.41, 5.74) is 4.91. The number of hydrogen-bond acceptors (Lipinski definition) is 2. The van der Waals surface area contributed by atoms with Crippen molar-refractivity contribution in [3.05, 3.63) is 29.3 Å². The number of rotatable bonds is 1. The van der Waals surface area contributed by atoms with E-state index in [1.807, 2.05) is 0 Å². The standard InChI is InChI=1S/C10H10BrF2NO/c11-10(12,13)9(15)4-3-6-5-7(14)1-2-8(6)9/h1-2,5,15H,3-4,14H2. The van der Waals surface area contributed by atoms with Crippen LogP contribution in [0.3, 0.4) is 0 Å². The van der Waals surface area contributed by atoms with Crippen LogP contribution in [0, 0.1) is 0 Å². The average Bonchev–Trinajstić information content (AvgIpc) is 2.43. The van der Waals surface area contributed by atoms with Gasteiger partial charge in [-0.05, 0) is 52.0 Å². The van der Waals surface area contributed by atoms with E-state index >= 15 is 0 Å². The molecule has 0 heterocycles. The highest BCUT2D eigenvalue weighted by Gasteiger charge is 2.55. The van der Waals surface area contributed by atoms with Crippen LogP contribution in [0.1, 0.15) is 17.5 Å². The Morgan fingerprint density at radius 3 is 2.73 bits per heavy atom. The highest BCUT2D eigenvalue weighted by Crippen LogP contribution is 2.50. The number of fused-ring (bicyclic) bond motifs is 1. The predicted molar refractivity (Wildman–Crippen MR) is 56.9 cm³/mol. The molecule has 0 fully saturated rings. The van der Waals surface area contributed by atoms with E-state index < -0.39 is 10.4 Å². The first-order valence-electron chi connectivity index (χ1n) is 4.52. The molecular weight excluding hydrogens is 268 g/mol. The first-order chi connectivity index (χ1) is 6.84. The molecule has 0 aromatic heterocycles. The van der Waals surface area contributed by atoms with Crippen molar-refractivity contribution in [2.45, 2.75) is 23.3 Å². The number of alkyl halides is 3. The number of benzene rings is 1. The zero-order chi connectivity index (χ0) is 11.3. The van der Waals surface area contributed by atoms with Crippen molar-refractivity contribution in [1.29, 1.82) is 0 Å². The number of nitrogen functional groups attached to an aromatic ring is 1. The summed E-state index contributed by atoms with van der Waals surface area (Å²) in [7, 11) is 0. The average molecular weight is 278 g/mol. The number of halogens is 3. The topological polar surface area (TPSA) is 46.2 Å². The number of aryl methyl sites for hydroxylation is 1. The van der Waals surface area contributed by atoms with Crippen molar-refractivity contribution in [3.8, 4) is 0 Å². The summed E-state index contributed by atoms with van der Waals surface area (Å²) in [5.74, 6) is 0. The van der Waals surface area contributed by atoms with E-state index in [4.69, 9.17) is 5.73 Å². The molecule has 15 heavy (non-hydrogen) atoms. The summed E-state index contributed by atoms with van der Waals surface area (Å²) >= 11 is 2.24. The van der Waals surface area contributed by atoms with Crippen LogP contribution in [0.4, 0.5) is 14.5 Å². The quantitative estimate of drug-likeness (QED) is 0.612. The normalized spacial score (nSPS) is 25.3. The number of aliphatic hydroxyl groups is 1. The lowest BCUT2D eigenvalue weighted by atomic mass is 9.96.